The van der Waals surface area contributed by atoms with E-state index in [0.717, 1.165) is 0 Å². The van der Waals surface area contributed by atoms with E-state index >= 15 is 0 Å². The molecule has 0 radical (unpaired) electrons. The lowest BCUT2D eigenvalue weighted by atomic mass is 10.2. The lowest BCUT2D eigenvalue weighted by molar-refractivity contribution is 0.0697. The van der Waals surface area contributed by atoms with E-state index in [-0.39, 0.29) is 6.07 Å². The molecular weight excluding hydrogens is 320 g/mol. The van der Waals surface area contributed by atoms with Crippen LogP contribution in [-0.2, 0) is 19.9 Å². The van der Waals surface area contributed by atoms with Gasteiger partial charge in [0.15, 0.2) is 26.6 Å². The Balaban J connectivity index is 3.28. The summed E-state index contributed by atoms with van der Waals surface area (Å²) in [6, 6.07) is 0.606. The maximum absolute atomic E-state index is 13.0. The third kappa shape index (κ3) is 4.42. The summed E-state index contributed by atoms with van der Waals surface area (Å²) in [5.41, 5.74) is -1.61. The van der Waals surface area contributed by atoms with Crippen molar-refractivity contribution in [3.8, 4) is 0 Å². The molecule has 0 aliphatic rings. The lowest BCUT2D eigenvalue weighted by Crippen LogP contribution is -2.23. The molecular formula is C9H9F2NO6S2. The molecule has 0 unspecified atom stereocenters. The van der Waals surface area contributed by atoms with Gasteiger partial charge in [-0.3, -0.25) is 4.72 Å². The van der Waals surface area contributed by atoms with Gasteiger partial charge in [-0.1, -0.05) is 0 Å². The Labute approximate surface area is 113 Å². The maximum Gasteiger partial charge on any atom is 0.337 e. The van der Waals surface area contributed by atoms with Gasteiger partial charge in [0.05, 0.1) is 11.3 Å². The fraction of sp³-hybridized carbons (Fsp3) is 0.222. The smallest absolute Gasteiger partial charge is 0.337 e. The molecule has 0 saturated carbocycles. The number of aromatic carboxylic acids is 1. The minimum Gasteiger partial charge on any atom is -0.478 e. The molecule has 0 aromatic heterocycles. The zero-order chi connectivity index (χ0) is 15.7. The number of anilines is 1. The third-order valence-corrected chi connectivity index (χ3v) is 5.41. The van der Waals surface area contributed by atoms with E-state index in [1.165, 1.54) is 0 Å². The number of carboxylic acid groups (broad SMARTS) is 1. The molecule has 0 spiro atoms. The van der Waals surface area contributed by atoms with Crippen molar-refractivity contribution in [1.82, 2.24) is 0 Å². The van der Waals surface area contributed by atoms with Crippen LogP contribution in [-0.4, -0.2) is 39.3 Å². The zero-order valence-electron chi connectivity index (χ0n) is 9.92. The van der Waals surface area contributed by atoms with Gasteiger partial charge in [0.2, 0.25) is 10.0 Å². The van der Waals surface area contributed by atoms with Crippen LogP contribution in [0.2, 0.25) is 0 Å². The number of benzene rings is 1. The van der Waals surface area contributed by atoms with E-state index in [0.29, 0.717) is 12.3 Å². The number of halogens is 2. The molecule has 2 N–H and O–H groups in total. The molecule has 20 heavy (non-hydrogen) atoms. The summed E-state index contributed by atoms with van der Waals surface area (Å²) in [7, 11) is -8.39. The average molecular weight is 329 g/mol. The van der Waals surface area contributed by atoms with Crippen molar-refractivity contribution in [1.29, 1.82) is 0 Å². The Morgan fingerprint density at radius 1 is 1.20 bits per heavy atom. The SMILES string of the molecule is CS(=O)(=O)CS(=O)(=O)Nc1cc(F)c(F)cc1C(=O)O. The fourth-order valence-electron chi connectivity index (χ4n) is 1.29. The Bertz CT molecular complexity index is 757. The summed E-state index contributed by atoms with van der Waals surface area (Å²) in [4.78, 5) is 10.8. The second-order valence-electron chi connectivity index (χ2n) is 3.88. The first-order valence-corrected chi connectivity index (χ1v) is 8.53. The van der Waals surface area contributed by atoms with Gasteiger partial charge in [-0.05, 0) is 6.07 Å². The highest BCUT2D eigenvalue weighted by Crippen LogP contribution is 2.21. The molecule has 0 saturated heterocycles. The predicted molar refractivity (Wildman–Crippen MR) is 65.6 cm³/mol. The number of carbonyl (C=O) groups is 1. The average Bonchev–Trinajstić information content (AvgIpc) is 2.18. The molecule has 0 bridgehead atoms. The summed E-state index contributed by atoms with van der Waals surface area (Å²) in [6.07, 6.45) is 0.648. The maximum atomic E-state index is 13.0. The molecule has 1 aromatic carbocycles. The highest BCUT2D eigenvalue weighted by Gasteiger charge is 2.22. The molecule has 11 heteroatoms. The number of rotatable bonds is 5. The number of hydrogen-bond acceptors (Lipinski definition) is 5. The van der Waals surface area contributed by atoms with Crippen LogP contribution in [0.15, 0.2) is 12.1 Å². The van der Waals surface area contributed by atoms with Crippen LogP contribution < -0.4 is 4.72 Å². The topological polar surface area (TPSA) is 118 Å². The quantitative estimate of drug-likeness (QED) is 0.808. The van der Waals surface area contributed by atoms with E-state index < -0.39 is 53.8 Å². The first kappa shape index (κ1) is 16.3. The highest BCUT2D eigenvalue weighted by atomic mass is 32.3. The van der Waals surface area contributed by atoms with Crippen LogP contribution in [0.5, 0.6) is 0 Å². The molecule has 0 amide bonds. The Hall–Kier alpha value is -1.75. The Morgan fingerprint density at radius 3 is 2.15 bits per heavy atom. The summed E-state index contributed by atoms with van der Waals surface area (Å²) >= 11 is 0. The summed E-state index contributed by atoms with van der Waals surface area (Å²) in [5, 5.41) is 7.45. The minimum atomic E-state index is -4.47. The second-order valence-corrected chi connectivity index (χ2v) is 8.11. The van der Waals surface area contributed by atoms with Crippen molar-refractivity contribution in [2.45, 2.75) is 0 Å². The molecule has 1 aromatic rings. The van der Waals surface area contributed by atoms with Crippen molar-refractivity contribution >= 4 is 31.5 Å². The first-order valence-electron chi connectivity index (χ1n) is 4.82. The van der Waals surface area contributed by atoms with E-state index in [1.54, 1.807) is 4.72 Å². The van der Waals surface area contributed by atoms with Gasteiger partial charge in [-0.25, -0.2) is 30.4 Å². The van der Waals surface area contributed by atoms with E-state index in [9.17, 15) is 30.4 Å². The molecule has 0 aliphatic heterocycles. The summed E-state index contributed by atoms with van der Waals surface area (Å²) < 4.78 is 72.3. The normalized spacial score (nSPS) is 12.2. The standard InChI is InChI=1S/C9H9F2NO6S2/c1-19(15,16)4-20(17,18)12-8-3-7(11)6(10)2-5(8)9(13)14/h2-3,12H,4H2,1H3,(H,13,14). The van der Waals surface area contributed by atoms with Crippen molar-refractivity contribution < 1.29 is 35.5 Å². The molecule has 0 heterocycles. The van der Waals surface area contributed by atoms with Crippen molar-refractivity contribution in [2.24, 2.45) is 0 Å². The van der Waals surface area contributed by atoms with Crippen LogP contribution in [0, 0.1) is 11.6 Å². The third-order valence-electron chi connectivity index (χ3n) is 1.93. The van der Waals surface area contributed by atoms with Crippen LogP contribution in [0.3, 0.4) is 0 Å². The summed E-state index contributed by atoms with van der Waals surface area (Å²) in [5.74, 6) is -4.67. The van der Waals surface area contributed by atoms with Crippen LogP contribution in [0.4, 0.5) is 14.5 Å². The van der Waals surface area contributed by atoms with E-state index in [1.807, 2.05) is 0 Å². The van der Waals surface area contributed by atoms with Crippen LogP contribution in [0.25, 0.3) is 0 Å². The molecule has 0 atom stereocenters. The number of hydrogen-bond donors (Lipinski definition) is 2. The fourth-order valence-corrected chi connectivity index (χ4v) is 4.28. The number of sulfone groups is 1. The van der Waals surface area contributed by atoms with E-state index in [4.69, 9.17) is 5.11 Å². The van der Waals surface area contributed by atoms with Crippen LogP contribution >= 0.6 is 0 Å². The molecule has 7 nitrogen and oxygen atoms in total. The minimum absolute atomic E-state index is 0.288. The molecule has 0 fully saturated rings. The highest BCUT2D eigenvalue weighted by molar-refractivity contribution is 8.08. The first-order chi connectivity index (χ1) is 8.91. The monoisotopic (exact) mass is 329 g/mol. The van der Waals surface area contributed by atoms with Gasteiger partial charge < -0.3 is 5.11 Å². The van der Waals surface area contributed by atoms with Crippen molar-refractivity contribution in [2.75, 3.05) is 16.1 Å². The van der Waals surface area contributed by atoms with Crippen LogP contribution in [0.1, 0.15) is 10.4 Å². The molecule has 1 rings (SSSR count). The van der Waals surface area contributed by atoms with Gasteiger partial charge >= 0.3 is 5.97 Å². The van der Waals surface area contributed by atoms with Crippen molar-refractivity contribution in [3.63, 3.8) is 0 Å². The second kappa shape index (κ2) is 5.32. The lowest BCUT2D eigenvalue weighted by Gasteiger charge is -2.10. The van der Waals surface area contributed by atoms with Gasteiger partial charge in [0.1, 0.15) is 0 Å². The van der Waals surface area contributed by atoms with Gasteiger partial charge in [0.25, 0.3) is 0 Å². The number of carboxylic acids is 1. The predicted octanol–water partition coefficient (Wildman–Crippen LogP) is 0.407. The largest absolute Gasteiger partial charge is 0.478 e. The molecule has 0 aliphatic carbocycles. The van der Waals surface area contributed by atoms with Crippen molar-refractivity contribution in [3.05, 3.63) is 29.3 Å². The Morgan fingerprint density at radius 2 is 1.70 bits per heavy atom. The molecule has 112 valence electrons. The van der Waals surface area contributed by atoms with Gasteiger partial charge in [0, 0.05) is 12.3 Å². The summed E-state index contributed by atoms with van der Waals surface area (Å²) in [6.45, 7) is 0. The van der Waals surface area contributed by atoms with E-state index in [2.05, 4.69) is 0 Å². The Kier molecular flexibility index (Phi) is 4.34. The number of sulfonamides is 1. The van der Waals surface area contributed by atoms with Gasteiger partial charge in [-0.2, -0.15) is 0 Å². The number of nitrogens with one attached hydrogen (secondary N) is 1. The zero-order valence-corrected chi connectivity index (χ0v) is 11.6. The van der Waals surface area contributed by atoms with Gasteiger partial charge in [-0.15, -0.1) is 0 Å².